The van der Waals surface area contributed by atoms with Crippen LogP contribution in [-0.4, -0.2) is 10.9 Å². The number of nitrogens with zero attached hydrogens (tertiary/aromatic N) is 1. The molecule has 0 heterocycles. The molecule has 3 nitrogen and oxygen atoms in total. The van der Waals surface area contributed by atoms with Crippen LogP contribution in [0.5, 0.6) is 5.75 Å². The summed E-state index contributed by atoms with van der Waals surface area (Å²) in [5.74, 6) is -0.145. The van der Waals surface area contributed by atoms with Gasteiger partial charge in [-0.15, -0.1) is 0 Å². The second kappa shape index (κ2) is 3.28. The van der Waals surface area contributed by atoms with Gasteiger partial charge in [0, 0.05) is 5.56 Å². The Kier molecular flexibility index (Phi) is 2.34. The van der Waals surface area contributed by atoms with Crippen LogP contribution in [0.1, 0.15) is 22.8 Å². The number of benzene rings is 1. The van der Waals surface area contributed by atoms with Crippen molar-refractivity contribution in [3.05, 3.63) is 34.7 Å². The van der Waals surface area contributed by atoms with Crippen molar-refractivity contribution in [3.63, 3.8) is 0 Å². The van der Waals surface area contributed by atoms with Crippen molar-refractivity contribution < 1.29 is 9.90 Å². The Morgan fingerprint density at radius 2 is 2.15 bits per heavy atom. The topological polar surface area (TPSA) is 41.7 Å². The molecule has 0 fully saturated rings. The summed E-state index contributed by atoms with van der Waals surface area (Å²) in [5.41, 5.74) is 1.14. The van der Waals surface area contributed by atoms with Gasteiger partial charge in [-0.05, 0) is 31.5 Å². The van der Waals surface area contributed by atoms with Gasteiger partial charge in [0.1, 0.15) is 5.75 Å². The van der Waals surface area contributed by atoms with Gasteiger partial charge in [-0.1, -0.05) is 0 Å². The number of aryl methyl sites for hydroxylation is 1. The molecule has 0 saturated heterocycles. The number of aromatic hydroxyl groups is 1. The number of Topliss-reactive ketones (excluding diaryl/α,β-unsaturated/α-hetero) is 1. The van der Waals surface area contributed by atoms with Crippen LogP contribution < -0.4 is 0 Å². The van der Waals surface area contributed by atoms with Gasteiger partial charge in [0.15, 0.2) is 5.78 Å². The van der Waals surface area contributed by atoms with Crippen molar-refractivity contribution >= 4 is 11.5 Å². The highest BCUT2D eigenvalue weighted by molar-refractivity contribution is 5.95. The zero-order valence-electron chi connectivity index (χ0n) is 7.46. The van der Waals surface area contributed by atoms with Crippen molar-refractivity contribution in [2.45, 2.75) is 13.8 Å². The molecule has 0 bridgehead atoms. The maximum absolute atomic E-state index is 11.0. The van der Waals surface area contributed by atoms with Crippen molar-refractivity contribution in [2.75, 3.05) is 0 Å². The summed E-state index contributed by atoms with van der Waals surface area (Å²) in [7, 11) is 0. The molecule has 0 amide bonds. The first-order chi connectivity index (χ1) is 6.06. The normalized spacial score (nSPS) is 9.31. The van der Waals surface area contributed by atoms with Gasteiger partial charge in [-0.3, -0.25) is 4.79 Å². The van der Waals surface area contributed by atoms with Gasteiger partial charge < -0.3 is 5.11 Å². The van der Waals surface area contributed by atoms with E-state index in [0.717, 1.165) is 0 Å². The maximum Gasteiger partial charge on any atom is 0.228 e. The number of hydrogen-bond acceptors (Lipinski definition) is 2. The van der Waals surface area contributed by atoms with Crippen LogP contribution in [0.2, 0.25) is 0 Å². The number of hydrogen-bond donors (Lipinski definition) is 1. The van der Waals surface area contributed by atoms with E-state index in [1.807, 2.05) is 0 Å². The van der Waals surface area contributed by atoms with E-state index in [1.54, 1.807) is 13.0 Å². The predicted octanol–water partition coefficient (Wildman–Crippen LogP) is 2.45. The van der Waals surface area contributed by atoms with Gasteiger partial charge in [-0.25, -0.2) is 4.85 Å². The first kappa shape index (κ1) is 9.27. The molecule has 0 spiro atoms. The van der Waals surface area contributed by atoms with Crippen LogP contribution in [0.25, 0.3) is 4.85 Å². The van der Waals surface area contributed by atoms with Gasteiger partial charge in [0.25, 0.3) is 0 Å². The zero-order valence-corrected chi connectivity index (χ0v) is 7.46. The van der Waals surface area contributed by atoms with E-state index < -0.39 is 0 Å². The first-order valence-corrected chi connectivity index (χ1v) is 3.78. The lowest BCUT2D eigenvalue weighted by Crippen LogP contribution is -1.92. The molecule has 0 aliphatic carbocycles. The Morgan fingerprint density at radius 3 is 2.62 bits per heavy atom. The molecule has 1 aromatic carbocycles. The Hall–Kier alpha value is -1.82. The van der Waals surface area contributed by atoms with E-state index >= 15 is 0 Å². The Bertz CT molecular complexity index is 402. The van der Waals surface area contributed by atoms with Crippen LogP contribution in [0.15, 0.2) is 12.1 Å². The minimum atomic E-state index is -0.104. The third kappa shape index (κ3) is 1.67. The molecule has 0 aliphatic rings. The molecular weight excluding hydrogens is 166 g/mol. The third-order valence-electron chi connectivity index (χ3n) is 1.81. The van der Waals surface area contributed by atoms with Crippen molar-refractivity contribution in [3.8, 4) is 5.75 Å². The van der Waals surface area contributed by atoms with E-state index in [0.29, 0.717) is 11.1 Å². The number of ketones is 1. The van der Waals surface area contributed by atoms with Gasteiger partial charge in [0.2, 0.25) is 5.69 Å². The molecule has 0 saturated carbocycles. The molecule has 1 aromatic rings. The number of rotatable bonds is 1. The number of carbonyl (C=O) groups excluding carboxylic acids is 1. The average Bonchev–Trinajstić information content (AvgIpc) is 2.09. The summed E-state index contributed by atoms with van der Waals surface area (Å²) in [4.78, 5) is 14.1. The van der Waals surface area contributed by atoms with E-state index in [4.69, 9.17) is 6.57 Å². The Labute approximate surface area is 76.4 Å². The van der Waals surface area contributed by atoms with Gasteiger partial charge >= 0.3 is 0 Å². The summed E-state index contributed by atoms with van der Waals surface area (Å²) in [6, 6.07) is 2.98. The molecule has 66 valence electrons. The minimum Gasteiger partial charge on any atom is -0.519 e. The minimum absolute atomic E-state index is 0.0417. The quantitative estimate of drug-likeness (QED) is 0.526. The summed E-state index contributed by atoms with van der Waals surface area (Å²) < 4.78 is 0. The summed E-state index contributed by atoms with van der Waals surface area (Å²) in [6.45, 7) is 9.87. The highest BCUT2D eigenvalue weighted by Crippen LogP contribution is 2.31. The first-order valence-electron chi connectivity index (χ1n) is 3.78. The smallest absolute Gasteiger partial charge is 0.228 e. The molecule has 0 aromatic heterocycles. The van der Waals surface area contributed by atoms with Crippen LogP contribution in [0.3, 0.4) is 0 Å². The summed E-state index contributed by atoms with van der Waals surface area (Å²) in [5, 5.41) is 9.38. The third-order valence-corrected chi connectivity index (χ3v) is 1.81. The molecule has 1 rings (SSSR count). The predicted molar refractivity (Wildman–Crippen MR) is 49.1 cm³/mol. The average molecular weight is 175 g/mol. The van der Waals surface area contributed by atoms with Crippen LogP contribution in [-0.2, 0) is 0 Å². The number of carbonyl (C=O) groups is 1. The number of phenolic OH excluding ortho intramolecular Hbond substituents is 1. The summed E-state index contributed by atoms with van der Waals surface area (Å²) >= 11 is 0. The standard InChI is InChI=1S/C10H9NO2/c1-6-4-8(7(2)12)5-9(11-3)10(6)13/h4-5,13H,1-2H3. The van der Waals surface area contributed by atoms with E-state index in [1.165, 1.54) is 13.0 Å². The van der Waals surface area contributed by atoms with Crippen LogP contribution >= 0.6 is 0 Å². The van der Waals surface area contributed by atoms with Gasteiger partial charge in [-0.2, -0.15) is 0 Å². The molecule has 0 unspecified atom stereocenters. The highest BCUT2D eigenvalue weighted by Gasteiger charge is 2.08. The molecule has 13 heavy (non-hydrogen) atoms. The van der Waals surface area contributed by atoms with Crippen LogP contribution in [0, 0.1) is 13.5 Å². The lowest BCUT2D eigenvalue weighted by atomic mass is 10.1. The largest absolute Gasteiger partial charge is 0.519 e. The molecular formula is C10H9NO2. The lowest BCUT2D eigenvalue weighted by Gasteiger charge is -2.03. The molecule has 1 N–H and O–H groups in total. The summed E-state index contributed by atoms with van der Waals surface area (Å²) in [6.07, 6.45) is 0. The Balaban J connectivity index is 3.41. The fourth-order valence-corrected chi connectivity index (χ4v) is 1.05. The molecule has 0 atom stereocenters. The van der Waals surface area contributed by atoms with E-state index in [2.05, 4.69) is 4.85 Å². The zero-order chi connectivity index (χ0) is 10.0. The van der Waals surface area contributed by atoms with Crippen molar-refractivity contribution in [2.24, 2.45) is 0 Å². The maximum atomic E-state index is 11.0. The Morgan fingerprint density at radius 1 is 1.54 bits per heavy atom. The fraction of sp³-hybridized carbons (Fsp3) is 0.200. The second-order valence-electron chi connectivity index (χ2n) is 2.83. The molecule has 0 aliphatic heterocycles. The molecule has 0 radical (unpaired) electrons. The van der Waals surface area contributed by atoms with Gasteiger partial charge in [0.05, 0.1) is 6.57 Å². The SMILES string of the molecule is [C-]#[N+]c1cc(C(C)=O)cc(C)c1O. The highest BCUT2D eigenvalue weighted by atomic mass is 16.3. The second-order valence-corrected chi connectivity index (χ2v) is 2.83. The van der Waals surface area contributed by atoms with Crippen molar-refractivity contribution in [1.29, 1.82) is 0 Å². The molecule has 3 heteroatoms. The van der Waals surface area contributed by atoms with Crippen LogP contribution in [0.4, 0.5) is 5.69 Å². The van der Waals surface area contributed by atoms with E-state index in [-0.39, 0.29) is 17.2 Å². The fourth-order valence-electron chi connectivity index (χ4n) is 1.05. The van der Waals surface area contributed by atoms with E-state index in [9.17, 15) is 9.90 Å². The number of phenols is 1. The lowest BCUT2D eigenvalue weighted by molar-refractivity contribution is 0.101. The van der Waals surface area contributed by atoms with Crippen molar-refractivity contribution in [1.82, 2.24) is 0 Å². The monoisotopic (exact) mass is 175 g/mol.